The molecule has 1 amide bonds. The molecule has 142 valence electrons. The lowest BCUT2D eigenvalue weighted by atomic mass is 10.1. The van der Waals surface area contributed by atoms with Crippen molar-refractivity contribution >= 4 is 23.2 Å². The summed E-state index contributed by atoms with van der Waals surface area (Å²) in [5, 5.41) is 11.2. The molecule has 3 heterocycles. The molecule has 0 radical (unpaired) electrons. The van der Waals surface area contributed by atoms with Crippen molar-refractivity contribution < 1.29 is 9.90 Å². The summed E-state index contributed by atoms with van der Waals surface area (Å²) < 4.78 is 0. The monoisotopic (exact) mass is 386 g/mol. The van der Waals surface area contributed by atoms with Gasteiger partial charge in [0.25, 0.3) is 5.91 Å². The second kappa shape index (κ2) is 7.84. The normalized spacial score (nSPS) is 23.6. The van der Waals surface area contributed by atoms with Gasteiger partial charge in [-0.25, -0.2) is 0 Å². The lowest BCUT2D eigenvalue weighted by Crippen LogP contribution is -2.54. The Morgan fingerprint density at radius 1 is 1.07 bits per heavy atom. The average Bonchev–Trinajstić information content (AvgIpc) is 3.10. The minimum Gasteiger partial charge on any atom is -0.390 e. The Morgan fingerprint density at radius 2 is 1.81 bits per heavy atom. The highest BCUT2D eigenvalue weighted by Crippen LogP contribution is 2.24. The maximum atomic E-state index is 12.6. The highest BCUT2D eigenvalue weighted by atomic mass is 35.5. The van der Waals surface area contributed by atoms with Crippen LogP contribution in [0.1, 0.15) is 10.4 Å². The van der Waals surface area contributed by atoms with Crippen molar-refractivity contribution in [3.8, 4) is 0 Å². The molecule has 6 nitrogen and oxygen atoms in total. The summed E-state index contributed by atoms with van der Waals surface area (Å²) in [5.41, 5.74) is 1.70. The van der Waals surface area contributed by atoms with Crippen molar-refractivity contribution in [1.29, 1.82) is 0 Å². The zero-order valence-corrected chi connectivity index (χ0v) is 15.8. The van der Waals surface area contributed by atoms with Crippen molar-refractivity contribution in [2.24, 2.45) is 0 Å². The summed E-state index contributed by atoms with van der Waals surface area (Å²) in [5.74, 6) is 0.0373. The van der Waals surface area contributed by atoms with Gasteiger partial charge >= 0.3 is 0 Å². The molecule has 0 unspecified atom stereocenters. The van der Waals surface area contributed by atoms with Crippen LogP contribution in [0, 0.1) is 0 Å². The van der Waals surface area contributed by atoms with Crippen LogP contribution in [0.5, 0.6) is 0 Å². The Balaban J connectivity index is 1.35. The van der Waals surface area contributed by atoms with E-state index < -0.39 is 6.10 Å². The number of pyridine rings is 1. The van der Waals surface area contributed by atoms with E-state index in [-0.39, 0.29) is 11.9 Å². The van der Waals surface area contributed by atoms with Crippen molar-refractivity contribution in [2.75, 3.05) is 44.2 Å². The predicted molar refractivity (Wildman–Crippen MR) is 105 cm³/mol. The number of rotatable bonds is 3. The molecule has 7 heteroatoms. The Bertz CT molecular complexity index is 778. The predicted octanol–water partition coefficient (Wildman–Crippen LogP) is 1.74. The Morgan fingerprint density at radius 3 is 2.48 bits per heavy atom. The van der Waals surface area contributed by atoms with Crippen LogP contribution < -0.4 is 4.90 Å². The second-order valence-corrected chi connectivity index (χ2v) is 7.52. The van der Waals surface area contributed by atoms with Crippen molar-refractivity contribution in [1.82, 2.24) is 14.8 Å². The first-order valence-electron chi connectivity index (χ1n) is 9.24. The molecule has 0 aliphatic carbocycles. The van der Waals surface area contributed by atoms with Gasteiger partial charge in [-0.3, -0.25) is 14.7 Å². The molecule has 1 aromatic carbocycles. The van der Waals surface area contributed by atoms with Crippen LogP contribution in [0.15, 0.2) is 48.8 Å². The van der Waals surface area contributed by atoms with E-state index in [1.807, 2.05) is 23.2 Å². The molecule has 0 bridgehead atoms. The number of aliphatic hydroxyl groups is 1. The number of aliphatic hydroxyl groups excluding tert-OH is 1. The first-order chi connectivity index (χ1) is 13.1. The van der Waals surface area contributed by atoms with Crippen LogP contribution in [0.2, 0.25) is 5.02 Å². The smallest absolute Gasteiger partial charge is 0.253 e. The Labute approximate surface area is 164 Å². The lowest BCUT2D eigenvalue weighted by Gasteiger charge is -2.38. The second-order valence-electron chi connectivity index (χ2n) is 7.09. The number of β-amino-alcohol motifs (C(OH)–C–C–N with tert-alkyl or cyclic N) is 1. The molecule has 0 saturated carbocycles. The number of benzene rings is 1. The molecule has 4 rings (SSSR count). The molecular weight excluding hydrogens is 364 g/mol. The molecule has 2 aliphatic rings. The number of halogens is 1. The van der Waals surface area contributed by atoms with Crippen LogP contribution in [0.4, 0.5) is 5.69 Å². The van der Waals surface area contributed by atoms with Gasteiger partial charge in [0.1, 0.15) is 0 Å². The van der Waals surface area contributed by atoms with Gasteiger partial charge in [0, 0.05) is 56.1 Å². The van der Waals surface area contributed by atoms with Gasteiger partial charge in [0.15, 0.2) is 0 Å². The molecule has 1 aromatic heterocycles. The summed E-state index contributed by atoms with van der Waals surface area (Å²) in [6.45, 7) is 4.25. The molecule has 2 saturated heterocycles. The highest BCUT2D eigenvalue weighted by Gasteiger charge is 2.37. The minimum absolute atomic E-state index is 0.0373. The number of hydrogen-bond acceptors (Lipinski definition) is 5. The maximum Gasteiger partial charge on any atom is 0.253 e. The molecule has 2 atom stereocenters. The number of anilines is 1. The van der Waals surface area contributed by atoms with Gasteiger partial charge in [-0.15, -0.1) is 0 Å². The summed E-state index contributed by atoms with van der Waals surface area (Å²) in [6.07, 6.45) is 3.19. The number of piperazine rings is 1. The van der Waals surface area contributed by atoms with E-state index in [0.717, 1.165) is 25.3 Å². The molecule has 2 fully saturated rings. The van der Waals surface area contributed by atoms with E-state index in [1.54, 1.807) is 30.5 Å². The lowest BCUT2D eigenvalue weighted by molar-refractivity contribution is 0.0376. The highest BCUT2D eigenvalue weighted by molar-refractivity contribution is 6.30. The van der Waals surface area contributed by atoms with Gasteiger partial charge in [-0.2, -0.15) is 0 Å². The third kappa shape index (κ3) is 3.93. The topological polar surface area (TPSA) is 59.9 Å². The largest absolute Gasteiger partial charge is 0.390 e. The van der Waals surface area contributed by atoms with Crippen LogP contribution in [0.3, 0.4) is 0 Å². The molecule has 2 aliphatic heterocycles. The fourth-order valence-electron chi connectivity index (χ4n) is 3.91. The number of carbonyl (C=O) groups is 1. The number of aromatic nitrogens is 1. The fourth-order valence-corrected chi connectivity index (χ4v) is 4.04. The summed E-state index contributed by atoms with van der Waals surface area (Å²) in [4.78, 5) is 23.2. The van der Waals surface area contributed by atoms with E-state index in [1.165, 1.54) is 0 Å². The summed E-state index contributed by atoms with van der Waals surface area (Å²) in [6, 6.07) is 11.0. The standard InChI is InChI=1S/C20H23ClN4O2/c21-16-5-3-15(4-6-16)20(27)24-10-8-23(9-11-24)18-13-25(14-19(18)26)17-2-1-7-22-12-17/h1-7,12,18-19,26H,8-11,13-14H2/t18-,19-/m1/s1. The van der Waals surface area contributed by atoms with Crippen molar-refractivity contribution in [3.05, 3.63) is 59.4 Å². The Hall–Kier alpha value is -2.15. The third-order valence-corrected chi connectivity index (χ3v) is 5.68. The van der Waals surface area contributed by atoms with E-state index >= 15 is 0 Å². The zero-order chi connectivity index (χ0) is 18.8. The van der Waals surface area contributed by atoms with E-state index in [9.17, 15) is 9.90 Å². The van der Waals surface area contributed by atoms with Gasteiger partial charge in [0.2, 0.25) is 0 Å². The summed E-state index contributed by atoms with van der Waals surface area (Å²) >= 11 is 5.90. The number of nitrogens with zero attached hydrogens (tertiary/aromatic N) is 4. The molecule has 1 N–H and O–H groups in total. The van der Waals surface area contributed by atoms with Gasteiger partial charge < -0.3 is 14.9 Å². The van der Waals surface area contributed by atoms with Gasteiger partial charge in [-0.1, -0.05) is 11.6 Å². The fraction of sp³-hybridized carbons (Fsp3) is 0.400. The van der Waals surface area contributed by atoms with E-state index in [0.29, 0.717) is 30.2 Å². The first kappa shape index (κ1) is 18.2. The van der Waals surface area contributed by atoms with Crippen molar-refractivity contribution in [2.45, 2.75) is 12.1 Å². The third-order valence-electron chi connectivity index (χ3n) is 5.43. The number of hydrogen-bond donors (Lipinski definition) is 1. The van der Waals surface area contributed by atoms with Crippen LogP contribution in [-0.2, 0) is 0 Å². The Kier molecular flexibility index (Phi) is 5.29. The van der Waals surface area contributed by atoms with Gasteiger partial charge in [0.05, 0.1) is 24.0 Å². The van der Waals surface area contributed by atoms with Crippen LogP contribution in [-0.4, -0.2) is 77.2 Å². The SMILES string of the molecule is O=C(c1ccc(Cl)cc1)N1CCN([C@@H]2CN(c3cccnc3)C[C@H]2O)CC1. The van der Waals surface area contributed by atoms with E-state index in [4.69, 9.17) is 11.6 Å². The number of carbonyl (C=O) groups excluding carboxylic acids is 1. The van der Waals surface area contributed by atoms with Crippen LogP contribution >= 0.6 is 11.6 Å². The molecule has 0 spiro atoms. The van der Waals surface area contributed by atoms with Crippen LogP contribution in [0.25, 0.3) is 0 Å². The van der Waals surface area contributed by atoms with E-state index in [2.05, 4.69) is 14.8 Å². The molecular formula is C20H23ClN4O2. The quantitative estimate of drug-likeness (QED) is 0.870. The van der Waals surface area contributed by atoms with Gasteiger partial charge in [-0.05, 0) is 36.4 Å². The average molecular weight is 387 g/mol. The maximum absolute atomic E-state index is 12.6. The molecule has 2 aromatic rings. The minimum atomic E-state index is -0.399. The zero-order valence-electron chi connectivity index (χ0n) is 15.0. The van der Waals surface area contributed by atoms with Crippen molar-refractivity contribution in [3.63, 3.8) is 0 Å². The first-order valence-corrected chi connectivity index (χ1v) is 9.61. The number of amides is 1. The molecule has 27 heavy (non-hydrogen) atoms. The summed E-state index contributed by atoms with van der Waals surface area (Å²) in [7, 11) is 0.